The van der Waals surface area contributed by atoms with Gasteiger partial charge in [-0.15, -0.1) is 0 Å². The van der Waals surface area contributed by atoms with E-state index in [1.165, 1.54) is 25.0 Å². The number of nitrogens with two attached hydrogens (primary N) is 1. The van der Waals surface area contributed by atoms with E-state index in [-0.39, 0.29) is 0 Å². The summed E-state index contributed by atoms with van der Waals surface area (Å²) in [6, 6.07) is 3.80. The molecular formula is C12H14N4. The maximum atomic E-state index is 5.58. The maximum absolute atomic E-state index is 5.58. The van der Waals surface area contributed by atoms with Crippen molar-refractivity contribution in [2.24, 2.45) is 0 Å². The molecule has 1 fully saturated rings. The monoisotopic (exact) mass is 214 g/mol. The summed E-state index contributed by atoms with van der Waals surface area (Å²) in [6.45, 7) is 0. The third-order valence-corrected chi connectivity index (χ3v) is 3.24. The molecule has 2 aromatic heterocycles. The van der Waals surface area contributed by atoms with Crippen molar-refractivity contribution >= 4 is 5.82 Å². The minimum Gasteiger partial charge on any atom is -0.384 e. The highest BCUT2D eigenvalue weighted by Crippen LogP contribution is 2.36. The highest BCUT2D eigenvalue weighted by atomic mass is 15.1. The number of nitrogens with zero attached hydrogens (tertiary/aromatic N) is 3. The molecule has 82 valence electrons. The summed E-state index contributed by atoms with van der Waals surface area (Å²) in [7, 11) is 0. The molecule has 0 radical (unpaired) electrons. The molecule has 0 unspecified atom stereocenters. The van der Waals surface area contributed by atoms with E-state index >= 15 is 0 Å². The highest BCUT2D eigenvalue weighted by Gasteiger charge is 2.23. The number of hydrogen-bond acceptors (Lipinski definition) is 3. The van der Waals surface area contributed by atoms with E-state index < -0.39 is 0 Å². The van der Waals surface area contributed by atoms with Gasteiger partial charge in [0.1, 0.15) is 5.82 Å². The van der Waals surface area contributed by atoms with Crippen molar-refractivity contribution in [1.82, 2.24) is 14.5 Å². The molecule has 2 aromatic rings. The van der Waals surface area contributed by atoms with Gasteiger partial charge in [-0.25, -0.2) is 9.97 Å². The van der Waals surface area contributed by atoms with Gasteiger partial charge in [-0.3, -0.25) is 0 Å². The molecule has 1 saturated carbocycles. The zero-order valence-corrected chi connectivity index (χ0v) is 9.00. The Morgan fingerprint density at radius 3 is 2.75 bits per heavy atom. The van der Waals surface area contributed by atoms with Crippen molar-refractivity contribution in [3.8, 4) is 5.69 Å². The zero-order chi connectivity index (χ0) is 11.0. The average Bonchev–Trinajstić information content (AvgIpc) is 2.65. The summed E-state index contributed by atoms with van der Waals surface area (Å²) in [5.74, 6) is 1.22. The van der Waals surface area contributed by atoms with Crippen LogP contribution >= 0.6 is 0 Å². The summed E-state index contributed by atoms with van der Waals surface area (Å²) in [5, 5.41) is 0. The first-order chi connectivity index (χ1) is 7.84. The van der Waals surface area contributed by atoms with Crippen molar-refractivity contribution in [3.05, 3.63) is 36.5 Å². The molecule has 1 aliphatic rings. The van der Waals surface area contributed by atoms with Crippen molar-refractivity contribution in [2.75, 3.05) is 5.73 Å². The zero-order valence-electron chi connectivity index (χ0n) is 9.00. The second-order valence-electron chi connectivity index (χ2n) is 4.26. The molecule has 0 bridgehead atoms. The van der Waals surface area contributed by atoms with Crippen LogP contribution < -0.4 is 5.73 Å². The summed E-state index contributed by atoms with van der Waals surface area (Å²) >= 11 is 0. The first kappa shape index (κ1) is 9.39. The normalized spacial score (nSPS) is 16.0. The molecule has 4 nitrogen and oxygen atoms in total. The molecule has 3 rings (SSSR count). The lowest BCUT2D eigenvalue weighted by atomic mass is 9.83. The summed E-state index contributed by atoms with van der Waals surface area (Å²) in [4.78, 5) is 8.34. The molecular weight excluding hydrogens is 200 g/mol. The Morgan fingerprint density at radius 1 is 1.25 bits per heavy atom. The fraction of sp³-hybridized carbons (Fsp3) is 0.333. The molecule has 0 saturated heterocycles. The largest absolute Gasteiger partial charge is 0.384 e. The Balaban J connectivity index is 1.99. The number of pyridine rings is 1. The minimum absolute atomic E-state index is 0.550. The van der Waals surface area contributed by atoms with Crippen molar-refractivity contribution in [2.45, 2.75) is 25.2 Å². The molecule has 4 heteroatoms. The Labute approximate surface area is 94.1 Å². The van der Waals surface area contributed by atoms with Crippen LogP contribution in [-0.2, 0) is 0 Å². The average molecular weight is 214 g/mol. The second-order valence-corrected chi connectivity index (χ2v) is 4.26. The third kappa shape index (κ3) is 1.46. The first-order valence-corrected chi connectivity index (χ1v) is 5.59. The topological polar surface area (TPSA) is 56.7 Å². The molecule has 16 heavy (non-hydrogen) atoms. The summed E-state index contributed by atoms with van der Waals surface area (Å²) in [5.41, 5.74) is 7.90. The van der Waals surface area contributed by atoms with E-state index in [0.717, 1.165) is 5.69 Å². The van der Waals surface area contributed by atoms with Crippen LogP contribution in [0.3, 0.4) is 0 Å². The van der Waals surface area contributed by atoms with Gasteiger partial charge >= 0.3 is 0 Å². The van der Waals surface area contributed by atoms with Gasteiger partial charge in [0.15, 0.2) is 0 Å². The molecule has 0 amide bonds. The van der Waals surface area contributed by atoms with Gasteiger partial charge in [-0.05, 0) is 25.0 Å². The van der Waals surface area contributed by atoms with Crippen molar-refractivity contribution in [3.63, 3.8) is 0 Å². The quantitative estimate of drug-likeness (QED) is 0.833. The molecule has 1 aliphatic carbocycles. The van der Waals surface area contributed by atoms with E-state index in [1.807, 2.05) is 24.7 Å². The van der Waals surface area contributed by atoms with Crippen LogP contribution in [0.25, 0.3) is 5.69 Å². The summed E-state index contributed by atoms with van der Waals surface area (Å²) < 4.78 is 2.11. The maximum Gasteiger partial charge on any atom is 0.123 e. The summed E-state index contributed by atoms with van der Waals surface area (Å²) in [6.07, 6.45) is 9.47. The second kappa shape index (κ2) is 3.63. The van der Waals surface area contributed by atoms with Gasteiger partial charge in [-0.1, -0.05) is 6.42 Å². The van der Waals surface area contributed by atoms with Crippen LogP contribution in [0.2, 0.25) is 0 Å². The van der Waals surface area contributed by atoms with Crippen molar-refractivity contribution < 1.29 is 0 Å². The lowest BCUT2D eigenvalue weighted by Crippen LogP contribution is -2.13. The smallest absolute Gasteiger partial charge is 0.123 e. The molecule has 0 spiro atoms. The van der Waals surface area contributed by atoms with Crippen LogP contribution in [0.4, 0.5) is 5.82 Å². The molecule has 2 N–H and O–H groups in total. The van der Waals surface area contributed by atoms with Gasteiger partial charge in [0, 0.05) is 17.8 Å². The van der Waals surface area contributed by atoms with E-state index in [2.05, 4.69) is 14.5 Å². The minimum atomic E-state index is 0.550. The van der Waals surface area contributed by atoms with Crippen LogP contribution in [0, 0.1) is 0 Å². The molecule has 2 heterocycles. The predicted molar refractivity (Wildman–Crippen MR) is 62.4 cm³/mol. The van der Waals surface area contributed by atoms with Gasteiger partial charge in [-0.2, -0.15) is 0 Å². The van der Waals surface area contributed by atoms with E-state index in [4.69, 9.17) is 5.73 Å². The fourth-order valence-corrected chi connectivity index (χ4v) is 2.07. The lowest BCUT2D eigenvalue weighted by molar-refractivity contribution is 0.407. The number of aromatic nitrogens is 3. The number of imidazole rings is 1. The number of anilines is 1. The van der Waals surface area contributed by atoms with Crippen LogP contribution in [0.1, 0.15) is 30.9 Å². The van der Waals surface area contributed by atoms with Crippen LogP contribution in [0.15, 0.2) is 30.9 Å². The fourth-order valence-electron chi connectivity index (χ4n) is 2.07. The molecule has 0 atom stereocenters. The highest BCUT2D eigenvalue weighted by molar-refractivity contribution is 5.38. The Kier molecular flexibility index (Phi) is 2.13. The Morgan fingerprint density at radius 2 is 2.12 bits per heavy atom. The van der Waals surface area contributed by atoms with Gasteiger partial charge in [0.05, 0.1) is 18.2 Å². The molecule has 0 aliphatic heterocycles. The first-order valence-electron chi connectivity index (χ1n) is 5.59. The van der Waals surface area contributed by atoms with E-state index in [9.17, 15) is 0 Å². The lowest BCUT2D eigenvalue weighted by Gasteiger charge is -2.26. The van der Waals surface area contributed by atoms with Crippen molar-refractivity contribution in [1.29, 1.82) is 0 Å². The number of hydrogen-bond donors (Lipinski definition) is 1. The van der Waals surface area contributed by atoms with Gasteiger partial charge < -0.3 is 10.3 Å². The molecule has 0 aromatic carbocycles. The number of nitrogen functional groups attached to an aromatic ring is 1. The van der Waals surface area contributed by atoms with Crippen LogP contribution in [0.5, 0.6) is 0 Å². The van der Waals surface area contributed by atoms with E-state index in [1.54, 1.807) is 6.20 Å². The standard InChI is InChI=1S/C12H14N4/c13-12-5-4-10(6-15-12)16-8-14-7-11(16)9-2-1-3-9/h4-9H,1-3H2,(H2,13,15). The SMILES string of the molecule is Nc1ccc(-n2cncc2C2CCC2)cn1. The van der Waals surface area contributed by atoms with E-state index in [0.29, 0.717) is 11.7 Å². The Bertz CT molecular complexity index is 482. The van der Waals surface area contributed by atoms with Crippen LogP contribution in [-0.4, -0.2) is 14.5 Å². The van der Waals surface area contributed by atoms with Gasteiger partial charge in [0.25, 0.3) is 0 Å². The Hall–Kier alpha value is -1.84. The van der Waals surface area contributed by atoms with Gasteiger partial charge in [0.2, 0.25) is 0 Å². The number of rotatable bonds is 2. The third-order valence-electron chi connectivity index (χ3n) is 3.24. The predicted octanol–water partition coefficient (Wildman–Crippen LogP) is 2.12.